The number of urea groups is 1. The van der Waals surface area contributed by atoms with Crippen molar-refractivity contribution in [2.24, 2.45) is 0 Å². The molecule has 0 unspecified atom stereocenters. The summed E-state index contributed by atoms with van der Waals surface area (Å²) in [6.45, 7) is 9.49. The molecule has 1 aliphatic heterocycles. The van der Waals surface area contributed by atoms with Crippen LogP contribution >= 0.6 is 11.6 Å². The summed E-state index contributed by atoms with van der Waals surface area (Å²) in [5.74, 6) is 1.56. The van der Waals surface area contributed by atoms with Gasteiger partial charge in [-0.3, -0.25) is 4.90 Å². The second kappa shape index (κ2) is 8.56. The summed E-state index contributed by atoms with van der Waals surface area (Å²) >= 11 is 5.87. The molecule has 0 aliphatic carbocycles. The third kappa shape index (κ3) is 4.77. The number of aromatic nitrogens is 2. The minimum Gasteiger partial charge on any atom is -0.333 e. The van der Waals surface area contributed by atoms with E-state index in [1.807, 2.05) is 29.4 Å². The van der Waals surface area contributed by atoms with Crippen LogP contribution in [0, 0.1) is 0 Å². The van der Waals surface area contributed by atoms with Gasteiger partial charge in [0.05, 0.1) is 0 Å². The summed E-state index contributed by atoms with van der Waals surface area (Å²) in [4.78, 5) is 21.1. The molecule has 0 bridgehead atoms. The van der Waals surface area contributed by atoms with Gasteiger partial charge in [0.25, 0.3) is 0 Å². The van der Waals surface area contributed by atoms with E-state index in [4.69, 9.17) is 11.6 Å². The van der Waals surface area contributed by atoms with Gasteiger partial charge in [-0.25, -0.2) is 9.78 Å². The number of benzene rings is 1. The van der Waals surface area contributed by atoms with E-state index >= 15 is 0 Å². The molecule has 1 fully saturated rings. The molecule has 0 spiro atoms. The zero-order valence-corrected chi connectivity index (χ0v) is 16.1. The maximum Gasteiger partial charge on any atom is 0.321 e. The van der Waals surface area contributed by atoms with Crippen molar-refractivity contribution in [1.29, 1.82) is 0 Å². The Kier molecular flexibility index (Phi) is 6.16. The number of carbonyl (C=O) groups excluding carboxylic acids is 1. The van der Waals surface area contributed by atoms with Gasteiger partial charge in [-0.15, -0.1) is 0 Å². The Balaban J connectivity index is 1.44. The first-order valence-electron chi connectivity index (χ1n) is 9.08. The number of amides is 2. The molecule has 3 rings (SSSR count). The number of rotatable bonds is 5. The van der Waals surface area contributed by atoms with Gasteiger partial charge in [-0.05, 0) is 24.3 Å². The van der Waals surface area contributed by atoms with Crippen LogP contribution in [0.15, 0.2) is 36.7 Å². The average Bonchev–Trinajstić information content (AvgIpc) is 3.11. The molecule has 1 aromatic heterocycles. The topological polar surface area (TPSA) is 53.4 Å². The van der Waals surface area contributed by atoms with Crippen LogP contribution in [0.1, 0.15) is 25.6 Å². The van der Waals surface area contributed by atoms with Gasteiger partial charge in [0.2, 0.25) is 0 Å². The van der Waals surface area contributed by atoms with Crippen molar-refractivity contribution >= 4 is 23.3 Å². The molecule has 1 aromatic carbocycles. The maximum atomic E-state index is 12.4. The maximum absolute atomic E-state index is 12.4. The Bertz CT molecular complexity index is 720. The van der Waals surface area contributed by atoms with Crippen LogP contribution in [0.3, 0.4) is 0 Å². The van der Waals surface area contributed by atoms with Gasteiger partial charge < -0.3 is 14.8 Å². The van der Waals surface area contributed by atoms with Crippen molar-refractivity contribution in [3.05, 3.63) is 47.5 Å². The van der Waals surface area contributed by atoms with Crippen LogP contribution in [0.2, 0.25) is 5.02 Å². The summed E-state index contributed by atoms with van der Waals surface area (Å²) < 4.78 is 2.23. The lowest BCUT2D eigenvalue weighted by atomic mass is 10.2. The molecular formula is C19H26ClN5O. The van der Waals surface area contributed by atoms with Gasteiger partial charge in [-0.1, -0.05) is 25.4 Å². The second-order valence-electron chi connectivity index (χ2n) is 6.90. The molecule has 1 saturated heterocycles. The summed E-state index contributed by atoms with van der Waals surface area (Å²) in [5, 5.41) is 3.59. The van der Waals surface area contributed by atoms with Gasteiger partial charge in [0.15, 0.2) is 0 Å². The third-order valence-electron chi connectivity index (χ3n) is 4.68. The zero-order chi connectivity index (χ0) is 18.5. The molecule has 0 saturated carbocycles. The highest BCUT2D eigenvalue weighted by Gasteiger charge is 2.21. The molecule has 2 heterocycles. The first kappa shape index (κ1) is 18.7. The number of nitrogens with zero attached hydrogens (tertiary/aromatic N) is 4. The Labute approximate surface area is 159 Å². The number of carbonyl (C=O) groups is 1. The van der Waals surface area contributed by atoms with E-state index in [1.165, 1.54) is 0 Å². The molecular weight excluding hydrogens is 350 g/mol. The van der Waals surface area contributed by atoms with Crippen LogP contribution in [-0.4, -0.2) is 58.1 Å². The third-order valence-corrected chi connectivity index (χ3v) is 4.93. The van der Waals surface area contributed by atoms with Crippen molar-refractivity contribution in [2.45, 2.75) is 26.3 Å². The minimum atomic E-state index is -0.0522. The van der Waals surface area contributed by atoms with E-state index in [2.05, 4.69) is 33.6 Å². The fourth-order valence-electron chi connectivity index (χ4n) is 3.17. The number of hydrogen-bond acceptors (Lipinski definition) is 3. The van der Waals surface area contributed by atoms with Crippen molar-refractivity contribution in [3.8, 4) is 0 Å². The number of piperazine rings is 1. The first-order valence-corrected chi connectivity index (χ1v) is 9.45. The predicted octanol–water partition coefficient (Wildman–Crippen LogP) is 3.51. The quantitative estimate of drug-likeness (QED) is 0.870. The number of anilines is 1. The second-order valence-corrected chi connectivity index (χ2v) is 7.34. The van der Waals surface area contributed by atoms with Crippen LogP contribution in [0.25, 0.3) is 0 Å². The van der Waals surface area contributed by atoms with Crippen LogP contribution in [0.4, 0.5) is 10.5 Å². The minimum absolute atomic E-state index is 0.0522. The van der Waals surface area contributed by atoms with Crippen molar-refractivity contribution in [2.75, 3.05) is 38.0 Å². The molecule has 0 atom stereocenters. The average molecular weight is 376 g/mol. The van der Waals surface area contributed by atoms with Gasteiger partial charge in [0, 0.05) is 68.3 Å². The molecule has 140 valence electrons. The number of imidazole rings is 1. The fraction of sp³-hybridized carbons (Fsp3) is 0.474. The monoisotopic (exact) mass is 375 g/mol. The van der Waals surface area contributed by atoms with E-state index in [1.54, 1.807) is 12.1 Å². The van der Waals surface area contributed by atoms with E-state index in [0.717, 1.165) is 50.8 Å². The van der Waals surface area contributed by atoms with E-state index in [-0.39, 0.29) is 6.03 Å². The Morgan fingerprint density at radius 2 is 1.85 bits per heavy atom. The molecule has 7 heteroatoms. The lowest BCUT2D eigenvalue weighted by Crippen LogP contribution is -2.50. The molecule has 0 radical (unpaired) electrons. The smallest absolute Gasteiger partial charge is 0.321 e. The van der Waals surface area contributed by atoms with Crippen LogP contribution in [-0.2, 0) is 6.54 Å². The summed E-state index contributed by atoms with van der Waals surface area (Å²) in [6, 6.07) is 7.12. The summed E-state index contributed by atoms with van der Waals surface area (Å²) in [6.07, 6.45) is 3.92. The fourth-order valence-corrected chi connectivity index (χ4v) is 3.30. The lowest BCUT2D eigenvalue weighted by molar-refractivity contribution is 0.144. The summed E-state index contributed by atoms with van der Waals surface area (Å²) in [7, 11) is 0. The molecule has 2 aromatic rings. The molecule has 26 heavy (non-hydrogen) atoms. The van der Waals surface area contributed by atoms with Gasteiger partial charge in [0.1, 0.15) is 5.82 Å². The Morgan fingerprint density at radius 1 is 1.15 bits per heavy atom. The number of hydrogen-bond donors (Lipinski definition) is 1. The van der Waals surface area contributed by atoms with Crippen molar-refractivity contribution in [3.63, 3.8) is 0 Å². The number of halogens is 1. The molecule has 1 N–H and O–H groups in total. The van der Waals surface area contributed by atoms with Crippen molar-refractivity contribution in [1.82, 2.24) is 19.4 Å². The Morgan fingerprint density at radius 3 is 2.50 bits per heavy atom. The number of nitrogens with one attached hydrogen (secondary N) is 1. The lowest BCUT2D eigenvalue weighted by Gasteiger charge is -2.34. The SMILES string of the molecule is CC(C)c1nccn1CCN1CCN(C(=O)Nc2ccc(Cl)cc2)CC1. The zero-order valence-electron chi connectivity index (χ0n) is 15.4. The normalized spacial score (nSPS) is 15.5. The molecule has 2 amide bonds. The van der Waals surface area contributed by atoms with Gasteiger partial charge in [-0.2, -0.15) is 0 Å². The summed E-state index contributed by atoms with van der Waals surface area (Å²) in [5.41, 5.74) is 0.767. The first-order chi connectivity index (χ1) is 12.5. The van der Waals surface area contributed by atoms with Crippen molar-refractivity contribution < 1.29 is 4.79 Å². The van der Waals surface area contributed by atoms with Crippen LogP contribution in [0.5, 0.6) is 0 Å². The predicted molar refractivity (Wildman–Crippen MR) is 105 cm³/mol. The highest BCUT2D eigenvalue weighted by molar-refractivity contribution is 6.30. The highest BCUT2D eigenvalue weighted by atomic mass is 35.5. The highest BCUT2D eigenvalue weighted by Crippen LogP contribution is 2.15. The van der Waals surface area contributed by atoms with E-state index in [0.29, 0.717) is 10.9 Å². The van der Waals surface area contributed by atoms with Gasteiger partial charge >= 0.3 is 6.03 Å². The molecule has 6 nitrogen and oxygen atoms in total. The standard InChI is InChI=1S/C19H26ClN5O/c1-15(2)18-21-7-8-24(18)12-9-23-10-13-25(14-11-23)19(26)22-17-5-3-16(20)4-6-17/h3-8,15H,9-14H2,1-2H3,(H,22,26). The van der Waals surface area contributed by atoms with Crippen LogP contribution < -0.4 is 5.32 Å². The molecule has 1 aliphatic rings. The largest absolute Gasteiger partial charge is 0.333 e. The Hall–Kier alpha value is -2.05. The van der Waals surface area contributed by atoms with E-state index in [9.17, 15) is 4.79 Å². The van der Waals surface area contributed by atoms with E-state index < -0.39 is 0 Å².